The van der Waals surface area contributed by atoms with E-state index in [1.165, 1.54) is 9.80 Å². The molecule has 4 rings (SSSR count). The number of ether oxygens (including phenoxy) is 1. The summed E-state index contributed by atoms with van der Waals surface area (Å²) in [5.41, 5.74) is 0.487. The smallest absolute Gasteiger partial charge is 0.330 e. The van der Waals surface area contributed by atoms with Crippen molar-refractivity contribution in [1.82, 2.24) is 15.1 Å². The summed E-state index contributed by atoms with van der Waals surface area (Å²) in [6.07, 6.45) is 0.770. The monoisotopic (exact) mass is 371 g/mol. The Morgan fingerprint density at radius 1 is 1.15 bits per heavy atom. The van der Waals surface area contributed by atoms with Gasteiger partial charge in [-0.1, -0.05) is 30.3 Å². The van der Waals surface area contributed by atoms with Gasteiger partial charge in [-0.3, -0.25) is 14.6 Å². The van der Waals surface area contributed by atoms with Crippen molar-refractivity contribution in [1.29, 1.82) is 0 Å². The fraction of sp³-hybridized carbons (Fsp3) is 0.550. The number of amides is 3. The Bertz CT molecular complexity index is 773. The van der Waals surface area contributed by atoms with Gasteiger partial charge >= 0.3 is 12.0 Å². The lowest BCUT2D eigenvalue weighted by Gasteiger charge is -2.35. The molecule has 1 saturated carbocycles. The Labute approximate surface area is 158 Å². The van der Waals surface area contributed by atoms with Gasteiger partial charge in [0.25, 0.3) is 5.91 Å². The van der Waals surface area contributed by atoms with Crippen LogP contribution in [0.3, 0.4) is 0 Å². The van der Waals surface area contributed by atoms with Crippen LogP contribution in [0.1, 0.15) is 38.7 Å². The fourth-order valence-electron chi connectivity index (χ4n) is 4.02. The lowest BCUT2D eigenvalue weighted by molar-refractivity contribution is -0.161. The second-order valence-electron chi connectivity index (χ2n) is 8.44. The summed E-state index contributed by atoms with van der Waals surface area (Å²) in [4.78, 5) is 41.4. The van der Waals surface area contributed by atoms with Gasteiger partial charge in [-0.15, -0.1) is 0 Å². The second kappa shape index (κ2) is 6.34. The van der Waals surface area contributed by atoms with E-state index in [0.717, 1.165) is 12.0 Å². The van der Waals surface area contributed by atoms with Gasteiger partial charge in [-0.25, -0.2) is 9.59 Å². The molecular weight excluding hydrogens is 346 g/mol. The minimum Gasteiger partial charge on any atom is -0.458 e. The Morgan fingerprint density at radius 2 is 1.85 bits per heavy atom. The van der Waals surface area contributed by atoms with Gasteiger partial charge in [0.15, 0.2) is 0 Å². The third-order valence-electron chi connectivity index (χ3n) is 5.29. The number of hydrogen-bond donors (Lipinski definition) is 1. The summed E-state index contributed by atoms with van der Waals surface area (Å²) in [7, 11) is 0. The van der Waals surface area contributed by atoms with Crippen molar-refractivity contribution in [3.8, 4) is 0 Å². The van der Waals surface area contributed by atoms with Gasteiger partial charge in [0.1, 0.15) is 17.7 Å². The Morgan fingerprint density at radius 3 is 2.52 bits per heavy atom. The first-order valence-electron chi connectivity index (χ1n) is 9.42. The van der Waals surface area contributed by atoms with E-state index in [2.05, 4.69) is 5.32 Å². The van der Waals surface area contributed by atoms with E-state index in [1.54, 1.807) is 20.8 Å². The van der Waals surface area contributed by atoms with Crippen molar-refractivity contribution in [2.45, 2.75) is 56.8 Å². The fourth-order valence-corrected chi connectivity index (χ4v) is 4.02. The van der Waals surface area contributed by atoms with E-state index >= 15 is 0 Å². The van der Waals surface area contributed by atoms with Crippen molar-refractivity contribution < 1.29 is 19.1 Å². The number of nitrogens with zero attached hydrogens (tertiary/aromatic N) is 2. The van der Waals surface area contributed by atoms with E-state index in [-0.39, 0.29) is 23.9 Å². The van der Waals surface area contributed by atoms with Crippen molar-refractivity contribution in [3.63, 3.8) is 0 Å². The zero-order valence-electron chi connectivity index (χ0n) is 15.8. The highest BCUT2D eigenvalue weighted by molar-refractivity contribution is 6.07. The molecule has 2 heterocycles. The van der Waals surface area contributed by atoms with Gasteiger partial charge in [0, 0.05) is 25.0 Å². The molecule has 0 radical (unpaired) electrons. The molecule has 2 aliphatic heterocycles. The van der Waals surface area contributed by atoms with Crippen LogP contribution in [-0.2, 0) is 14.3 Å². The Balaban J connectivity index is 1.54. The molecule has 4 unspecified atom stereocenters. The molecule has 27 heavy (non-hydrogen) atoms. The number of nitrogens with one attached hydrogen (secondary N) is 1. The van der Waals surface area contributed by atoms with Crippen LogP contribution in [0.5, 0.6) is 0 Å². The van der Waals surface area contributed by atoms with Gasteiger partial charge in [-0.2, -0.15) is 0 Å². The molecule has 3 fully saturated rings. The number of fused-ring (bicyclic) bond motifs is 1. The van der Waals surface area contributed by atoms with E-state index in [1.807, 2.05) is 30.3 Å². The van der Waals surface area contributed by atoms with E-state index in [4.69, 9.17) is 4.74 Å². The first kappa shape index (κ1) is 18.0. The van der Waals surface area contributed by atoms with Crippen LogP contribution in [-0.4, -0.2) is 64.5 Å². The third kappa shape index (κ3) is 3.20. The van der Waals surface area contributed by atoms with Crippen LogP contribution in [0.15, 0.2) is 30.3 Å². The van der Waals surface area contributed by atoms with Crippen molar-refractivity contribution in [2.75, 3.05) is 13.1 Å². The van der Waals surface area contributed by atoms with Crippen molar-refractivity contribution in [2.24, 2.45) is 0 Å². The Kier molecular flexibility index (Phi) is 4.22. The first-order chi connectivity index (χ1) is 12.8. The van der Waals surface area contributed by atoms with Crippen LogP contribution >= 0.6 is 0 Å². The molecule has 1 aromatic carbocycles. The second-order valence-corrected chi connectivity index (χ2v) is 8.44. The van der Waals surface area contributed by atoms with E-state index < -0.39 is 23.7 Å². The summed E-state index contributed by atoms with van der Waals surface area (Å²) in [6, 6.07) is 8.00. The molecule has 0 aromatic heterocycles. The van der Waals surface area contributed by atoms with Crippen LogP contribution in [0.4, 0.5) is 4.79 Å². The highest BCUT2D eigenvalue weighted by Crippen LogP contribution is 2.47. The standard InChI is InChI=1S/C20H25N3O4/c1-20(2,3)27-18(25)16-11-21-10-15-17(24)23(19(26)22(15)16)14-9-13(14)12-7-5-4-6-8-12/h4-8,13-16,21H,9-11H2,1-3H3. The summed E-state index contributed by atoms with van der Waals surface area (Å²) in [6.45, 7) is 6.03. The van der Waals surface area contributed by atoms with Crippen LogP contribution in [0.25, 0.3) is 0 Å². The number of esters is 1. The molecule has 0 bridgehead atoms. The average Bonchev–Trinajstić information content (AvgIpc) is 3.36. The molecular formula is C20H25N3O4. The van der Waals surface area contributed by atoms with Gasteiger partial charge in [0.2, 0.25) is 0 Å². The molecule has 144 valence electrons. The minimum absolute atomic E-state index is 0.128. The highest BCUT2D eigenvalue weighted by atomic mass is 16.6. The highest BCUT2D eigenvalue weighted by Gasteiger charge is 2.58. The molecule has 3 amide bonds. The average molecular weight is 371 g/mol. The molecule has 7 heteroatoms. The normalized spacial score (nSPS) is 30.3. The zero-order chi connectivity index (χ0) is 19.3. The zero-order valence-corrected chi connectivity index (χ0v) is 15.8. The number of urea groups is 1. The van der Waals surface area contributed by atoms with Gasteiger partial charge in [0.05, 0.1) is 0 Å². The molecule has 4 atom stereocenters. The molecule has 2 saturated heterocycles. The molecule has 0 spiro atoms. The predicted molar refractivity (Wildman–Crippen MR) is 98.0 cm³/mol. The van der Waals surface area contributed by atoms with Crippen molar-refractivity contribution >= 4 is 17.9 Å². The number of piperazine rings is 1. The maximum Gasteiger partial charge on any atom is 0.330 e. The topological polar surface area (TPSA) is 79.0 Å². The quantitative estimate of drug-likeness (QED) is 0.643. The van der Waals surface area contributed by atoms with Crippen molar-refractivity contribution in [3.05, 3.63) is 35.9 Å². The number of carbonyl (C=O) groups is 3. The van der Waals surface area contributed by atoms with Gasteiger partial charge in [-0.05, 0) is 32.8 Å². The SMILES string of the molecule is CC(C)(C)OC(=O)C1CNCC2C(=O)N(C3CC3c3ccccc3)C(=O)N12. The molecule has 7 nitrogen and oxygen atoms in total. The third-order valence-corrected chi connectivity index (χ3v) is 5.29. The minimum atomic E-state index is -0.779. The predicted octanol–water partition coefficient (Wildman–Crippen LogP) is 1.49. The number of rotatable bonds is 3. The summed E-state index contributed by atoms with van der Waals surface area (Å²) >= 11 is 0. The van der Waals surface area contributed by atoms with Crippen LogP contribution < -0.4 is 5.32 Å². The molecule has 1 N–H and O–H groups in total. The maximum absolute atomic E-state index is 13.1. The number of hydrogen-bond acceptors (Lipinski definition) is 5. The van der Waals surface area contributed by atoms with E-state index in [0.29, 0.717) is 13.1 Å². The van der Waals surface area contributed by atoms with E-state index in [9.17, 15) is 14.4 Å². The molecule has 1 aliphatic carbocycles. The molecule has 1 aromatic rings. The number of benzene rings is 1. The summed E-state index contributed by atoms with van der Waals surface area (Å²) < 4.78 is 5.47. The van der Waals surface area contributed by atoms with Gasteiger partial charge < -0.3 is 10.1 Å². The number of carbonyl (C=O) groups excluding carboxylic acids is 3. The lowest BCUT2D eigenvalue weighted by Crippen LogP contribution is -2.60. The molecule has 3 aliphatic rings. The summed E-state index contributed by atoms with van der Waals surface area (Å²) in [5, 5.41) is 3.10. The van der Waals surface area contributed by atoms with Crippen LogP contribution in [0.2, 0.25) is 0 Å². The number of imide groups is 1. The van der Waals surface area contributed by atoms with Crippen LogP contribution in [0, 0.1) is 0 Å². The largest absolute Gasteiger partial charge is 0.458 e. The summed E-state index contributed by atoms with van der Waals surface area (Å²) in [5.74, 6) is -0.518. The first-order valence-corrected chi connectivity index (χ1v) is 9.42. The Hall–Kier alpha value is -2.41. The maximum atomic E-state index is 13.1. The lowest BCUT2D eigenvalue weighted by atomic mass is 10.1.